The molecule has 0 unspecified atom stereocenters. The Balaban J connectivity index is 2.90. The maximum absolute atomic E-state index is 14.1. The minimum atomic E-state index is -4.00. The van der Waals surface area contributed by atoms with Crippen LogP contribution in [0, 0.1) is 11.7 Å². The van der Waals surface area contributed by atoms with Gasteiger partial charge in [0.1, 0.15) is 12.4 Å². The van der Waals surface area contributed by atoms with Gasteiger partial charge < -0.3 is 5.32 Å². The van der Waals surface area contributed by atoms with Crippen LogP contribution in [0.4, 0.5) is 10.1 Å². The Morgan fingerprint density at radius 2 is 1.88 bits per heavy atom. The second kappa shape index (κ2) is 10.5. The van der Waals surface area contributed by atoms with E-state index in [2.05, 4.69) is 19.2 Å². The summed E-state index contributed by atoms with van der Waals surface area (Å²) in [6.45, 7) is 4.20. The molecule has 1 aromatic carbocycles. The minimum absolute atomic E-state index is 0.144. The summed E-state index contributed by atoms with van der Waals surface area (Å²) < 4.78 is 41.0. The maximum atomic E-state index is 14.1. The number of hydrogen-bond donors (Lipinski definition) is 1. The molecule has 0 saturated heterocycles. The molecule has 0 radical (unpaired) electrons. The molecular weight excluding hydrogens is 357 g/mol. The first-order valence-corrected chi connectivity index (χ1v) is 10.3. The predicted octanol–water partition coefficient (Wildman–Crippen LogP) is 2.77. The highest BCUT2D eigenvalue weighted by Crippen LogP contribution is 2.22. The van der Waals surface area contributed by atoms with Crippen molar-refractivity contribution in [3.63, 3.8) is 0 Å². The molecule has 0 aliphatic rings. The Hall–Kier alpha value is -1.67. The van der Waals surface area contributed by atoms with E-state index >= 15 is 0 Å². The van der Waals surface area contributed by atoms with Gasteiger partial charge in [-0.1, -0.05) is 45.2 Å². The molecule has 8 heteroatoms. The molecule has 1 aromatic rings. The predicted molar refractivity (Wildman–Crippen MR) is 103 cm³/mol. The Morgan fingerprint density at radius 3 is 2.42 bits per heavy atom. The average Bonchev–Trinajstić information content (AvgIpc) is 2.60. The summed E-state index contributed by atoms with van der Waals surface area (Å²) in [6.07, 6.45) is 4.13. The van der Waals surface area contributed by atoms with Crippen LogP contribution in [-0.2, 0) is 15.0 Å². The third-order valence-electron chi connectivity index (χ3n) is 4.28. The van der Waals surface area contributed by atoms with Crippen molar-refractivity contribution < 1.29 is 17.6 Å². The fourth-order valence-corrected chi connectivity index (χ4v) is 3.60. The fourth-order valence-electron chi connectivity index (χ4n) is 2.53. The molecule has 0 bridgehead atoms. The van der Waals surface area contributed by atoms with E-state index in [1.165, 1.54) is 38.4 Å². The summed E-state index contributed by atoms with van der Waals surface area (Å²) in [5, 5.41) is 2.79. The molecule has 0 heterocycles. The van der Waals surface area contributed by atoms with Gasteiger partial charge in [-0.15, -0.1) is 0 Å². The molecule has 6 nitrogen and oxygen atoms in total. The molecule has 26 heavy (non-hydrogen) atoms. The molecule has 1 amide bonds. The van der Waals surface area contributed by atoms with Gasteiger partial charge in [0.2, 0.25) is 5.91 Å². The van der Waals surface area contributed by atoms with Crippen LogP contribution in [0.1, 0.15) is 39.5 Å². The number of rotatable bonds is 11. The lowest BCUT2D eigenvalue weighted by atomic mass is 9.99. The van der Waals surface area contributed by atoms with Crippen molar-refractivity contribution in [1.82, 2.24) is 9.62 Å². The number of amides is 1. The smallest absolute Gasteiger partial charge is 0.304 e. The first-order valence-electron chi connectivity index (χ1n) is 8.95. The highest BCUT2D eigenvalue weighted by Gasteiger charge is 2.29. The highest BCUT2D eigenvalue weighted by molar-refractivity contribution is 7.90. The largest absolute Gasteiger partial charge is 0.354 e. The zero-order valence-electron chi connectivity index (χ0n) is 16.0. The van der Waals surface area contributed by atoms with Gasteiger partial charge in [0.15, 0.2) is 0 Å². The topological polar surface area (TPSA) is 69.7 Å². The lowest BCUT2D eigenvalue weighted by molar-refractivity contribution is -0.119. The molecule has 0 fully saturated rings. The van der Waals surface area contributed by atoms with Crippen LogP contribution in [0.3, 0.4) is 0 Å². The lowest BCUT2D eigenvalue weighted by Gasteiger charge is -2.27. The number of carbonyl (C=O) groups excluding carboxylic acids is 1. The van der Waals surface area contributed by atoms with Crippen molar-refractivity contribution in [2.24, 2.45) is 5.92 Å². The quantitative estimate of drug-likeness (QED) is 0.635. The molecular formula is C18H30FN3O3S. The van der Waals surface area contributed by atoms with Crippen LogP contribution in [0.2, 0.25) is 0 Å². The fraction of sp³-hybridized carbons (Fsp3) is 0.611. The van der Waals surface area contributed by atoms with Crippen LogP contribution < -0.4 is 9.62 Å². The normalized spacial score (nSPS) is 12.8. The summed E-state index contributed by atoms with van der Waals surface area (Å²) in [5.41, 5.74) is -0.144. The maximum Gasteiger partial charge on any atom is 0.304 e. The van der Waals surface area contributed by atoms with Gasteiger partial charge >= 0.3 is 10.2 Å². The molecule has 0 aliphatic heterocycles. The third-order valence-corrected chi connectivity index (χ3v) is 6.09. The summed E-state index contributed by atoms with van der Waals surface area (Å²) in [6, 6.07) is 5.52. The number of benzene rings is 1. The standard InChI is InChI=1S/C18H30FN3O3S/c1-5-7-10-15(6-2)13-20-18(23)14-22(26(24,25)21(3)4)17-12-9-8-11-16(17)19/h8-9,11-12,15H,5-7,10,13-14H2,1-4H3,(H,20,23)/t15-/m1/s1. The number of halogens is 1. The SMILES string of the molecule is CCCC[C@@H](CC)CNC(=O)CN(c1ccccc1F)S(=O)(=O)N(C)C. The lowest BCUT2D eigenvalue weighted by Crippen LogP contribution is -2.46. The van der Waals surface area contributed by atoms with Gasteiger partial charge in [-0.2, -0.15) is 12.7 Å². The van der Waals surface area contributed by atoms with Gasteiger partial charge in [0.05, 0.1) is 5.69 Å². The van der Waals surface area contributed by atoms with E-state index in [1.807, 2.05) is 0 Å². The van der Waals surface area contributed by atoms with Gasteiger partial charge in [-0.3, -0.25) is 4.79 Å². The van der Waals surface area contributed by atoms with Gasteiger partial charge in [0, 0.05) is 20.6 Å². The summed E-state index contributed by atoms with van der Waals surface area (Å²) in [5.74, 6) is -0.792. The zero-order chi connectivity index (χ0) is 19.7. The van der Waals surface area contributed by atoms with Crippen molar-refractivity contribution in [2.45, 2.75) is 39.5 Å². The molecule has 0 spiro atoms. The summed E-state index contributed by atoms with van der Waals surface area (Å²) >= 11 is 0. The molecule has 1 rings (SSSR count). The molecule has 0 aliphatic carbocycles. The van der Waals surface area contributed by atoms with E-state index in [9.17, 15) is 17.6 Å². The van der Waals surface area contributed by atoms with Crippen molar-refractivity contribution in [2.75, 3.05) is 31.5 Å². The van der Waals surface area contributed by atoms with E-state index in [-0.39, 0.29) is 5.69 Å². The monoisotopic (exact) mass is 387 g/mol. The minimum Gasteiger partial charge on any atom is -0.354 e. The van der Waals surface area contributed by atoms with E-state index in [1.54, 1.807) is 0 Å². The Bertz CT molecular complexity index is 680. The van der Waals surface area contributed by atoms with Crippen molar-refractivity contribution >= 4 is 21.8 Å². The van der Waals surface area contributed by atoms with Crippen LogP contribution in [0.5, 0.6) is 0 Å². The van der Waals surface area contributed by atoms with Gasteiger partial charge in [0.25, 0.3) is 0 Å². The summed E-state index contributed by atoms with van der Waals surface area (Å²) in [7, 11) is -1.31. The average molecular weight is 388 g/mol. The Labute approximate surface area is 156 Å². The van der Waals surface area contributed by atoms with Crippen molar-refractivity contribution in [3.05, 3.63) is 30.1 Å². The number of carbonyl (C=O) groups is 1. The number of para-hydroxylation sites is 1. The number of unbranched alkanes of at least 4 members (excludes halogenated alkanes) is 1. The van der Waals surface area contributed by atoms with Crippen LogP contribution in [0.15, 0.2) is 24.3 Å². The Morgan fingerprint density at radius 1 is 1.23 bits per heavy atom. The van der Waals surface area contributed by atoms with Gasteiger partial charge in [-0.05, 0) is 24.5 Å². The van der Waals surface area contributed by atoms with E-state index in [0.29, 0.717) is 12.5 Å². The van der Waals surface area contributed by atoms with Crippen molar-refractivity contribution in [3.8, 4) is 0 Å². The third kappa shape index (κ3) is 6.25. The molecule has 148 valence electrons. The van der Waals surface area contributed by atoms with E-state index in [4.69, 9.17) is 0 Å². The van der Waals surface area contributed by atoms with Crippen LogP contribution >= 0.6 is 0 Å². The van der Waals surface area contributed by atoms with Crippen LogP contribution in [0.25, 0.3) is 0 Å². The second-order valence-corrected chi connectivity index (χ2v) is 8.54. The van der Waals surface area contributed by atoms with Crippen LogP contribution in [-0.4, -0.2) is 45.8 Å². The van der Waals surface area contributed by atoms with E-state index in [0.717, 1.165) is 34.3 Å². The Kier molecular flexibility index (Phi) is 9.01. The number of anilines is 1. The highest BCUT2D eigenvalue weighted by atomic mass is 32.2. The molecule has 1 atom stereocenters. The van der Waals surface area contributed by atoms with Gasteiger partial charge in [-0.25, -0.2) is 8.70 Å². The molecule has 1 N–H and O–H groups in total. The summed E-state index contributed by atoms with van der Waals surface area (Å²) in [4.78, 5) is 12.3. The number of nitrogens with one attached hydrogen (secondary N) is 1. The van der Waals surface area contributed by atoms with Crippen molar-refractivity contribution in [1.29, 1.82) is 0 Å². The molecule has 0 aromatic heterocycles. The van der Waals surface area contributed by atoms with E-state index < -0.39 is 28.5 Å². The second-order valence-electron chi connectivity index (χ2n) is 6.47. The number of hydrogen-bond acceptors (Lipinski definition) is 3. The number of nitrogens with zero attached hydrogens (tertiary/aromatic N) is 2. The zero-order valence-corrected chi connectivity index (χ0v) is 16.9. The molecule has 0 saturated carbocycles. The first-order chi connectivity index (χ1) is 12.2. The first kappa shape index (κ1) is 22.4.